The largest absolute Gasteiger partial charge is 0.335 e. The lowest BCUT2D eigenvalue weighted by molar-refractivity contribution is -0.127. The average Bonchev–Trinajstić information content (AvgIpc) is 2.64. The van der Waals surface area contributed by atoms with E-state index in [0.29, 0.717) is 17.4 Å². The highest BCUT2D eigenvalue weighted by atomic mass is 79.9. The van der Waals surface area contributed by atoms with E-state index in [9.17, 15) is 14.0 Å². The fourth-order valence-corrected chi connectivity index (χ4v) is 2.18. The standard InChI is InChI=1S/C12H11BrFNO2/c13-8-3-4-9(10(14)6-8)11(16)7-15-5-1-2-12(15)17/h3-4,6H,1-2,5,7H2. The Morgan fingerprint density at radius 1 is 1.47 bits per heavy atom. The maximum Gasteiger partial charge on any atom is 0.223 e. The zero-order chi connectivity index (χ0) is 12.4. The Kier molecular flexibility index (Phi) is 3.57. The molecule has 0 aromatic heterocycles. The molecule has 1 aliphatic rings. The maximum atomic E-state index is 13.5. The van der Waals surface area contributed by atoms with Crippen LogP contribution in [0.1, 0.15) is 23.2 Å². The van der Waals surface area contributed by atoms with E-state index in [-0.39, 0.29) is 23.8 Å². The van der Waals surface area contributed by atoms with E-state index in [1.165, 1.54) is 17.0 Å². The second-order valence-corrected chi connectivity index (χ2v) is 4.88. The number of rotatable bonds is 3. The molecule has 0 atom stereocenters. The van der Waals surface area contributed by atoms with Crippen molar-refractivity contribution >= 4 is 27.6 Å². The molecule has 1 aliphatic heterocycles. The Bertz CT molecular complexity index is 476. The molecule has 1 saturated heterocycles. The summed E-state index contributed by atoms with van der Waals surface area (Å²) in [4.78, 5) is 24.7. The van der Waals surface area contributed by atoms with E-state index < -0.39 is 5.82 Å². The van der Waals surface area contributed by atoms with Gasteiger partial charge in [-0.2, -0.15) is 0 Å². The molecule has 1 heterocycles. The van der Waals surface area contributed by atoms with Gasteiger partial charge in [-0.25, -0.2) is 4.39 Å². The number of hydrogen-bond acceptors (Lipinski definition) is 2. The second-order valence-electron chi connectivity index (χ2n) is 3.97. The van der Waals surface area contributed by atoms with Gasteiger partial charge in [0.25, 0.3) is 0 Å². The number of carbonyl (C=O) groups is 2. The maximum absolute atomic E-state index is 13.5. The van der Waals surface area contributed by atoms with E-state index in [2.05, 4.69) is 15.9 Å². The quantitative estimate of drug-likeness (QED) is 0.804. The van der Waals surface area contributed by atoms with Crippen molar-refractivity contribution in [3.8, 4) is 0 Å². The van der Waals surface area contributed by atoms with Crippen molar-refractivity contribution in [2.45, 2.75) is 12.8 Å². The van der Waals surface area contributed by atoms with Crippen molar-refractivity contribution in [2.75, 3.05) is 13.1 Å². The first-order valence-corrected chi connectivity index (χ1v) is 6.13. The Labute approximate surface area is 107 Å². The van der Waals surface area contributed by atoms with Crippen molar-refractivity contribution in [3.05, 3.63) is 34.1 Å². The Morgan fingerprint density at radius 2 is 2.24 bits per heavy atom. The van der Waals surface area contributed by atoms with Crippen LogP contribution in [0.2, 0.25) is 0 Å². The van der Waals surface area contributed by atoms with Gasteiger partial charge >= 0.3 is 0 Å². The minimum atomic E-state index is -0.559. The molecule has 0 N–H and O–H groups in total. The van der Waals surface area contributed by atoms with Crippen molar-refractivity contribution in [3.63, 3.8) is 0 Å². The van der Waals surface area contributed by atoms with Gasteiger partial charge in [0.1, 0.15) is 5.82 Å². The second kappa shape index (κ2) is 4.96. The van der Waals surface area contributed by atoms with Gasteiger partial charge in [-0.1, -0.05) is 15.9 Å². The molecule has 0 radical (unpaired) electrons. The summed E-state index contributed by atoms with van der Waals surface area (Å²) in [6.45, 7) is 0.556. The predicted octanol–water partition coefficient (Wildman–Crippen LogP) is 2.39. The van der Waals surface area contributed by atoms with Crippen LogP contribution in [0.4, 0.5) is 4.39 Å². The summed E-state index contributed by atoms with van der Waals surface area (Å²) in [5, 5.41) is 0. The topological polar surface area (TPSA) is 37.4 Å². The summed E-state index contributed by atoms with van der Waals surface area (Å²) in [6, 6.07) is 4.30. The first-order valence-electron chi connectivity index (χ1n) is 5.34. The number of halogens is 2. The molecular weight excluding hydrogens is 289 g/mol. The number of Topliss-reactive ketones (excluding diaryl/α,β-unsaturated/α-hetero) is 1. The summed E-state index contributed by atoms with van der Waals surface area (Å²) in [7, 11) is 0. The molecule has 0 aliphatic carbocycles. The molecule has 0 saturated carbocycles. The first-order chi connectivity index (χ1) is 8.08. The summed E-state index contributed by atoms with van der Waals surface area (Å²) in [5.74, 6) is -0.947. The van der Waals surface area contributed by atoms with Crippen LogP contribution in [0, 0.1) is 5.82 Å². The Balaban J connectivity index is 2.11. The van der Waals surface area contributed by atoms with Crippen molar-refractivity contribution in [1.29, 1.82) is 0 Å². The smallest absolute Gasteiger partial charge is 0.223 e. The fourth-order valence-electron chi connectivity index (χ4n) is 1.85. The van der Waals surface area contributed by atoms with E-state index in [0.717, 1.165) is 6.42 Å². The lowest BCUT2D eigenvalue weighted by Gasteiger charge is -2.14. The van der Waals surface area contributed by atoms with Gasteiger partial charge in [0.05, 0.1) is 12.1 Å². The van der Waals surface area contributed by atoms with Crippen LogP contribution in [0.3, 0.4) is 0 Å². The highest BCUT2D eigenvalue weighted by Gasteiger charge is 2.23. The number of hydrogen-bond donors (Lipinski definition) is 0. The van der Waals surface area contributed by atoms with Crippen molar-refractivity contribution in [2.24, 2.45) is 0 Å². The van der Waals surface area contributed by atoms with E-state index in [1.54, 1.807) is 6.07 Å². The molecule has 0 bridgehead atoms. The fraction of sp³-hybridized carbons (Fsp3) is 0.333. The lowest BCUT2D eigenvalue weighted by Crippen LogP contribution is -2.31. The van der Waals surface area contributed by atoms with Gasteiger partial charge in [0, 0.05) is 17.4 Å². The third kappa shape index (κ3) is 2.72. The zero-order valence-electron chi connectivity index (χ0n) is 9.08. The van der Waals surface area contributed by atoms with Crippen LogP contribution < -0.4 is 0 Å². The van der Waals surface area contributed by atoms with E-state index in [1.807, 2.05) is 0 Å². The van der Waals surface area contributed by atoms with Gasteiger partial charge < -0.3 is 4.90 Å². The van der Waals surface area contributed by atoms with Crippen molar-refractivity contribution < 1.29 is 14.0 Å². The molecule has 1 fully saturated rings. The van der Waals surface area contributed by atoms with Gasteiger partial charge in [-0.15, -0.1) is 0 Å². The summed E-state index contributed by atoms with van der Waals surface area (Å²) < 4.78 is 14.1. The number of nitrogens with zero attached hydrogens (tertiary/aromatic N) is 1. The van der Waals surface area contributed by atoms with Crippen LogP contribution in [0.25, 0.3) is 0 Å². The van der Waals surface area contributed by atoms with E-state index >= 15 is 0 Å². The summed E-state index contributed by atoms with van der Waals surface area (Å²) in [6.07, 6.45) is 1.25. The number of likely N-dealkylation sites (tertiary alicyclic amines) is 1. The molecule has 1 aromatic rings. The molecule has 0 unspecified atom stereocenters. The molecule has 90 valence electrons. The van der Waals surface area contributed by atoms with Gasteiger partial charge in [-0.05, 0) is 24.6 Å². The predicted molar refractivity (Wildman–Crippen MR) is 64.2 cm³/mol. The first kappa shape index (κ1) is 12.2. The molecule has 1 aromatic carbocycles. The zero-order valence-corrected chi connectivity index (χ0v) is 10.7. The number of carbonyl (C=O) groups excluding carboxylic acids is 2. The molecule has 1 amide bonds. The Hall–Kier alpha value is -1.23. The van der Waals surface area contributed by atoms with Crippen LogP contribution in [-0.4, -0.2) is 29.7 Å². The molecular formula is C12H11BrFNO2. The van der Waals surface area contributed by atoms with Gasteiger partial charge in [0.2, 0.25) is 5.91 Å². The minimum Gasteiger partial charge on any atom is -0.335 e. The van der Waals surface area contributed by atoms with Crippen LogP contribution in [0.5, 0.6) is 0 Å². The van der Waals surface area contributed by atoms with Crippen molar-refractivity contribution in [1.82, 2.24) is 4.90 Å². The third-order valence-corrected chi connectivity index (χ3v) is 3.23. The monoisotopic (exact) mass is 299 g/mol. The minimum absolute atomic E-state index is 0.0304. The van der Waals surface area contributed by atoms with E-state index in [4.69, 9.17) is 0 Å². The number of ketones is 1. The Morgan fingerprint density at radius 3 is 2.82 bits per heavy atom. The molecule has 5 heteroatoms. The summed E-state index contributed by atoms with van der Waals surface area (Å²) >= 11 is 3.13. The van der Waals surface area contributed by atoms with Crippen LogP contribution in [-0.2, 0) is 4.79 Å². The molecule has 0 spiro atoms. The summed E-state index contributed by atoms with van der Waals surface area (Å²) in [5.41, 5.74) is 0.0351. The molecule has 2 rings (SSSR count). The highest BCUT2D eigenvalue weighted by Crippen LogP contribution is 2.17. The molecule has 17 heavy (non-hydrogen) atoms. The highest BCUT2D eigenvalue weighted by molar-refractivity contribution is 9.10. The normalized spacial score (nSPS) is 15.4. The van der Waals surface area contributed by atoms with Crippen LogP contribution >= 0.6 is 15.9 Å². The van der Waals surface area contributed by atoms with Crippen LogP contribution in [0.15, 0.2) is 22.7 Å². The number of benzene rings is 1. The van der Waals surface area contributed by atoms with Gasteiger partial charge in [0.15, 0.2) is 5.78 Å². The van der Waals surface area contributed by atoms with Gasteiger partial charge in [-0.3, -0.25) is 9.59 Å². The SMILES string of the molecule is O=C(CN1CCCC1=O)c1ccc(Br)cc1F. The average molecular weight is 300 g/mol. The lowest BCUT2D eigenvalue weighted by atomic mass is 10.1. The molecule has 3 nitrogen and oxygen atoms in total. The third-order valence-electron chi connectivity index (χ3n) is 2.74. The number of amides is 1.